The number of hydrogen-bond donors (Lipinski definition) is 0. The maximum Gasteiger partial charge on any atom is 0.0925 e. The van der Waals surface area contributed by atoms with E-state index in [-0.39, 0.29) is 20.1 Å². The Morgan fingerprint density at radius 1 is 0.909 bits per heavy atom. The van der Waals surface area contributed by atoms with E-state index < -0.39 is 0 Å². The summed E-state index contributed by atoms with van der Waals surface area (Å²) in [5.41, 5.74) is 4.07. The first-order valence-corrected chi connectivity index (χ1v) is 6.88. The molecule has 0 spiro atoms. The van der Waals surface area contributed by atoms with Gasteiger partial charge in [0.2, 0.25) is 0 Å². The Morgan fingerprint density at radius 3 is 2.73 bits per heavy atom. The van der Waals surface area contributed by atoms with E-state index in [9.17, 15) is 0 Å². The number of fused-ring (bicyclic) bond motifs is 8. The molecule has 3 heterocycles. The zero-order valence-electron chi connectivity index (χ0n) is 11.4. The Balaban J connectivity index is 0.00000125. The minimum Gasteiger partial charge on any atom is -0.303 e. The van der Waals surface area contributed by atoms with Crippen molar-refractivity contribution in [3.63, 3.8) is 0 Å². The minimum atomic E-state index is 0. The molecule has 4 heteroatoms. The SMILES string of the molecule is [Ir].[c-]1cccc2c1c1ncccc1n1nc3ccccc3c21. The Hall–Kier alpha value is -2.29. The smallest absolute Gasteiger partial charge is 0.0925 e. The van der Waals surface area contributed by atoms with Crippen LogP contribution in [0.4, 0.5) is 0 Å². The number of benzene rings is 2. The van der Waals surface area contributed by atoms with E-state index in [0.717, 1.165) is 38.2 Å². The molecule has 0 aliphatic carbocycles. The first-order chi connectivity index (χ1) is 10.4. The predicted molar refractivity (Wildman–Crippen MR) is 84.3 cm³/mol. The van der Waals surface area contributed by atoms with E-state index in [1.54, 1.807) is 0 Å². The normalized spacial score (nSPS) is 11.3. The molecule has 22 heavy (non-hydrogen) atoms. The van der Waals surface area contributed by atoms with Gasteiger partial charge in [-0.3, -0.25) is 0 Å². The van der Waals surface area contributed by atoms with Gasteiger partial charge >= 0.3 is 0 Å². The summed E-state index contributed by atoms with van der Waals surface area (Å²) in [4.78, 5) is 4.54. The Labute approximate surface area is 139 Å². The van der Waals surface area contributed by atoms with E-state index in [2.05, 4.69) is 35.3 Å². The summed E-state index contributed by atoms with van der Waals surface area (Å²) in [6.07, 6.45) is 1.82. The van der Waals surface area contributed by atoms with E-state index >= 15 is 0 Å². The summed E-state index contributed by atoms with van der Waals surface area (Å²) in [5.74, 6) is 0. The molecule has 0 unspecified atom stereocenters. The molecule has 3 nitrogen and oxygen atoms in total. The van der Waals surface area contributed by atoms with Crippen LogP contribution in [0.1, 0.15) is 0 Å². The molecule has 0 saturated carbocycles. The zero-order chi connectivity index (χ0) is 13.8. The van der Waals surface area contributed by atoms with Gasteiger partial charge in [0.25, 0.3) is 0 Å². The van der Waals surface area contributed by atoms with Gasteiger partial charge in [-0.05, 0) is 18.2 Å². The number of pyridine rings is 2. The Kier molecular flexibility index (Phi) is 2.96. The summed E-state index contributed by atoms with van der Waals surface area (Å²) < 4.78 is 2.00. The van der Waals surface area contributed by atoms with Crippen LogP contribution in [-0.2, 0) is 20.1 Å². The van der Waals surface area contributed by atoms with Gasteiger partial charge in [-0.25, -0.2) is 4.52 Å². The van der Waals surface area contributed by atoms with Crippen LogP contribution in [0.25, 0.3) is 38.2 Å². The van der Waals surface area contributed by atoms with Gasteiger partial charge in [0.15, 0.2) is 0 Å². The molecule has 0 bridgehead atoms. The molecule has 0 amide bonds. The summed E-state index contributed by atoms with van der Waals surface area (Å²) in [5, 5.41) is 8.10. The molecule has 3 aromatic heterocycles. The van der Waals surface area contributed by atoms with E-state index in [0.29, 0.717) is 0 Å². The van der Waals surface area contributed by atoms with E-state index in [4.69, 9.17) is 5.10 Å². The van der Waals surface area contributed by atoms with Crippen molar-refractivity contribution in [2.24, 2.45) is 0 Å². The van der Waals surface area contributed by atoms with Gasteiger partial charge in [-0.1, -0.05) is 23.6 Å². The van der Waals surface area contributed by atoms with Crippen LogP contribution < -0.4 is 0 Å². The van der Waals surface area contributed by atoms with E-state index in [1.807, 2.05) is 41.0 Å². The van der Waals surface area contributed by atoms with Crippen LogP contribution in [0.2, 0.25) is 0 Å². The number of aromatic nitrogens is 3. The third-order valence-corrected chi connectivity index (χ3v) is 3.94. The van der Waals surface area contributed by atoms with Crippen LogP contribution in [-0.4, -0.2) is 14.6 Å². The summed E-state index contributed by atoms with van der Waals surface area (Å²) >= 11 is 0. The molecule has 1 radical (unpaired) electrons. The largest absolute Gasteiger partial charge is 0.303 e. The van der Waals surface area contributed by atoms with Crippen LogP contribution >= 0.6 is 0 Å². The Bertz CT molecular complexity index is 1140. The summed E-state index contributed by atoms with van der Waals surface area (Å²) in [6, 6.07) is 21.6. The average Bonchev–Trinajstić information content (AvgIpc) is 2.95. The monoisotopic (exact) mass is 461 g/mol. The molecule has 2 aromatic carbocycles. The molecule has 5 rings (SSSR count). The number of nitrogens with zero attached hydrogens (tertiary/aromatic N) is 3. The van der Waals surface area contributed by atoms with Crippen molar-refractivity contribution in [3.05, 3.63) is 66.9 Å². The fourth-order valence-corrected chi connectivity index (χ4v) is 3.06. The molecule has 0 aliphatic heterocycles. The van der Waals surface area contributed by atoms with Gasteiger partial charge < -0.3 is 4.98 Å². The van der Waals surface area contributed by atoms with Gasteiger partial charge in [-0.15, -0.1) is 29.7 Å². The average molecular weight is 461 g/mol. The maximum atomic E-state index is 4.76. The third kappa shape index (κ3) is 1.65. The Morgan fingerprint density at radius 2 is 1.77 bits per heavy atom. The fraction of sp³-hybridized carbons (Fsp3) is 0. The topological polar surface area (TPSA) is 30.2 Å². The second-order valence-corrected chi connectivity index (χ2v) is 5.11. The van der Waals surface area contributed by atoms with Crippen LogP contribution in [0, 0.1) is 6.07 Å². The molecular formula is C18H10IrN3-. The molecule has 0 fully saturated rings. The first kappa shape index (κ1) is 13.4. The second-order valence-electron chi connectivity index (χ2n) is 5.11. The van der Waals surface area contributed by atoms with Crippen molar-refractivity contribution in [2.75, 3.05) is 0 Å². The quantitative estimate of drug-likeness (QED) is 0.259. The fourth-order valence-electron chi connectivity index (χ4n) is 3.06. The van der Waals surface area contributed by atoms with Crippen molar-refractivity contribution in [1.29, 1.82) is 0 Å². The molecular weight excluding hydrogens is 450 g/mol. The first-order valence-electron chi connectivity index (χ1n) is 6.88. The van der Waals surface area contributed by atoms with E-state index in [1.165, 1.54) is 0 Å². The van der Waals surface area contributed by atoms with Gasteiger partial charge in [0.1, 0.15) is 0 Å². The third-order valence-electron chi connectivity index (χ3n) is 3.94. The maximum absolute atomic E-state index is 4.76. The second kappa shape index (κ2) is 4.87. The molecule has 0 saturated heterocycles. The number of hydrogen-bond acceptors (Lipinski definition) is 2. The predicted octanol–water partition coefficient (Wildman–Crippen LogP) is 3.99. The van der Waals surface area contributed by atoms with Crippen LogP contribution in [0.5, 0.6) is 0 Å². The van der Waals surface area contributed by atoms with Crippen LogP contribution in [0.3, 0.4) is 0 Å². The van der Waals surface area contributed by atoms with Crippen molar-refractivity contribution < 1.29 is 20.1 Å². The number of rotatable bonds is 0. The minimum absolute atomic E-state index is 0. The van der Waals surface area contributed by atoms with Crippen molar-refractivity contribution in [1.82, 2.24) is 14.6 Å². The standard InChI is InChI=1S/C18H10N3.Ir/c1-2-7-13-12(6-1)17-16(10-5-11-19-17)21-18(13)14-8-3-4-9-15(14)20-21;/h1-5,7-11H;/q-1;. The van der Waals surface area contributed by atoms with Gasteiger partial charge in [0, 0.05) is 48.2 Å². The van der Waals surface area contributed by atoms with Crippen molar-refractivity contribution in [3.8, 4) is 0 Å². The summed E-state index contributed by atoms with van der Waals surface area (Å²) in [7, 11) is 0. The molecule has 107 valence electrons. The van der Waals surface area contributed by atoms with Crippen molar-refractivity contribution >= 4 is 38.2 Å². The zero-order valence-corrected chi connectivity index (χ0v) is 13.8. The van der Waals surface area contributed by atoms with Crippen molar-refractivity contribution in [2.45, 2.75) is 0 Å². The molecule has 5 aromatic rings. The van der Waals surface area contributed by atoms with Crippen LogP contribution in [0.15, 0.2) is 60.8 Å². The molecule has 0 atom stereocenters. The van der Waals surface area contributed by atoms with Gasteiger partial charge in [-0.2, -0.15) is 5.10 Å². The molecule has 0 aliphatic rings. The summed E-state index contributed by atoms with van der Waals surface area (Å²) in [6.45, 7) is 0. The molecule has 0 N–H and O–H groups in total. The van der Waals surface area contributed by atoms with Gasteiger partial charge in [0.05, 0.1) is 5.52 Å².